The molecule has 0 fully saturated rings. The van der Waals surface area contributed by atoms with Crippen molar-refractivity contribution in [3.05, 3.63) is 62.9 Å². The molecule has 0 aliphatic carbocycles. The fourth-order valence-corrected chi connectivity index (χ4v) is 3.46. The maximum atomic E-state index is 12.6. The Kier molecular flexibility index (Phi) is 4.03. The molecule has 1 amide bonds. The Morgan fingerprint density at radius 1 is 1.33 bits per heavy atom. The van der Waals surface area contributed by atoms with E-state index in [2.05, 4.69) is 26.3 Å². The van der Waals surface area contributed by atoms with Crippen molar-refractivity contribution in [3.63, 3.8) is 0 Å². The van der Waals surface area contributed by atoms with Crippen LogP contribution in [0.2, 0.25) is 0 Å². The van der Waals surface area contributed by atoms with Gasteiger partial charge in [-0.15, -0.1) is 11.3 Å². The smallest absolute Gasteiger partial charge is 0.256 e. The van der Waals surface area contributed by atoms with Crippen LogP contribution in [0.3, 0.4) is 0 Å². The number of aromatic nitrogens is 1. The summed E-state index contributed by atoms with van der Waals surface area (Å²) in [6, 6.07) is 11.6. The second-order valence-electron chi connectivity index (χ2n) is 4.80. The molecule has 0 atom stereocenters. The van der Waals surface area contributed by atoms with Gasteiger partial charge in [-0.2, -0.15) is 0 Å². The van der Waals surface area contributed by atoms with Gasteiger partial charge in [-0.3, -0.25) is 9.78 Å². The van der Waals surface area contributed by atoms with Gasteiger partial charge in [-0.1, -0.05) is 18.2 Å². The minimum absolute atomic E-state index is 0.0124. The molecule has 21 heavy (non-hydrogen) atoms. The molecule has 5 heteroatoms. The number of carbonyl (C=O) groups excluding carboxylic acids is 1. The standard InChI is InChI=1S/C16H13BrN2OS/c1-19(9-11-8-14(17)21-10-11)16(20)13-6-2-4-12-5-3-7-18-15(12)13/h2-8,10H,9H2,1H3. The van der Waals surface area contributed by atoms with Crippen LogP contribution in [0.1, 0.15) is 15.9 Å². The minimum Gasteiger partial charge on any atom is -0.337 e. The molecule has 2 heterocycles. The van der Waals surface area contributed by atoms with Gasteiger partial charge in [-0.05, 0) is 45.1 Å². The number of para-hydroxylation sites is 1. The number of hydrogen-bond donors (Lipinski definition) is 0. The zero-order valence-electron chi connectivity index (χ0n) is 11.4. The highest BCUT2D eigenvalue weighted by molar-refractivity contribution is 9.11. The highest BCUT2D eigenvalue weighted by atomic mass is 79.9. The van der Waals surface area contributed by atoms with Gasteiger partial charge in [0.2, 0.25) is 0 Å². The lowest BCUT2D eigenvalue weighted by Gasteiger charge is -2.17. The summed E-state index contributed by atoms with van der Waals surface area (Å²) in [5, 5.41) is 3.03. The normalized spacial score (nSPS) is 10.8. The zero-order valence-corrected chi connectivity index (χ0v) is 13.8. The number of carbonyl (C=O) groups is 1. The molecule has 3 rings (SSSR count). The summed E-state index contributed by atoms with van der Waals surface area (Å²) in [5.41, 5.74) is 2.52. The van der Waals surface area contributed by atoms with Crippen LogP contribution in [0.15, 0.2) is 51.8 Å². The first kappa shape index (κ1) is 14.2. The Hall–Kier alpha value is -1.72. The Balaban J connectivity index is 1.89. The topological polar surface area (TPSA) is 33.2 Å². The van der Waals surface area contributed by atoms with Crippen LogP contribution in [-0.2, 0) is 6.54 Å². The van der Waals surface area contributed by atoms with E-state index in [-0.39, 0.29) is 5.91 Å². The molecule has 3 nitrogen and oxygen atoms in total. The fraction of sp³-hybridized carbons (Fsp3) is 0.125. The highest BCUT2D eigenvalue weighted by Gasteiger charge is 2.16. The molecule has 0 bridgehead atoms. The van der Waals surface area contributed by atoms with E-state index >= 15 is 0 Å². The van der Waals surface area contributed by atoms with Crippen LogP contribution >= 0.6 is 27.3 Å². The van der Waals surface area contributed by atoms with Crippen molar-refractivity contribution in [1.82, 2.24) is 9.88 Å². The average Bonchev–Trinajstić information content (AvgIpc) is 2.91. The number of thiophene rings is 1. The molecular weight excluding hydrogens is 348 g/mol. The van der Waals surface area contributed by atoms with E-state index in [1.807, 2.05) is 43.4 Å². The highest BCUT2D eigenvalue weighted by Crippen LogP contribution is 2.23. The molecule has 0 saturated heterocycles. The molecule has 0 saturated carbocycles. The summed E-state index contributed by atoms with van der Waals surface area (Å²) < 4.78 is 1.07. The number of nitrogens with zero attached hydrogens (tertiary/aromatic N) is 2. The Morgan fingerprint density at radius 2 is 2.14 bits per heavy atom. The largest absolute Gasteiger partial charge is 0.337 e. The predicted molar refractivity (Wildman–Crippen MR) is 89.6 cm³/mol. The zero-order chi connectivity index (χ0) is 14.8. The van der Waals surface area contributed by atoms with Gasteiger partial charge >= 0.3 is 0 Å². The molecule has 1 aromatic carbocycles. The summed E-state index contributed by atoms with van der Waals surface area (Å²) in [4.78, 5) is 18.7. The second kappa shape index (κ2) is 5.95. The van der Waals surface area contributed by atoms with E-state index in [0.29, 0.717) is 12.1 Å². The molecule has 0 aliphatic heterocycles. The number of halogens is 1. The number of fused-ring (bicyclic) bond motifs is 1. The summed E-state index contributed by atoms with van der Waals surface area (Å²) in [5.74, 6) is -0.0124. The molecule has 2 aromatic heterocycles. The van der Waals surface area contributed by atoms with Crippen LogP contribution in [0.4, 0.5) is 0 Å². The number of pyridine rings is 1. The first-order chi connectivity index (χ1) is 10.1. The third kappa shape index (κ3) is 2.99. The van der Waals surface area contributed by atoms with Crippen LogP contribution in [0, 0.1) is 0 Å². The summed E-state index contributed by atoms with van der Waals surface area (Å²) in [6.45, 7) is 0.587. The lowest BCUT2D eigenvalue weighted by atomic mass is 10.1. The van der Waals surface area contributed by atoms with Gasteiger partial charge in [0.15, 0.2) is 0 Å². The van der Waals surface area contributed by atoms with Crippen LogP contribution in [0.5, 0.6) is 0 Å². The van der Waals surface area contributed by atoms with Gasteiger partial charge in [-0.25, -0.2) is 0 Å². The lowest BCUT2D eigenvalue weighted by molar-refractivity contribution is 0.0787. The predicted octanol–water partition coefficient (Wildman–Crippen LogP) is 4.33. The van der Waals surface area contributed by atoms with Crippen molar-refractivity contribution < 1.29 is 4.79 Å². The van der Waals surface area contributed by atoms with Crippen molar-refractivity contribution in [2.75, 3.05) is 7.05 Å². The Bertz CT molecular complexity index is 794. The second-order valence-corrected chi connectivity index (χ2v) is 7.09. The minimum atomic E-state index is -0.0124. The average molecular weight is 361 g/mol. The van der Waals surface area contributed by atoms with Crippen molar-refractivity contribution in [2.45, 2.75) is 6.54 Å². The van der Waals surface area contributed by atoms with Gasteiger partial charge in [0.25, 0.3) is 5.91 Å². The summed E-state index contributed by atoms with van der Waals surface area (Å²) >= 11 is 5.06. The quantitative estimate of drug-likeness (QED) is 0.696. The number of rotatable bonds is 3. The number of benzene rings is 1. The number of amides is 1. The molecular formula is C16H13BrN2OS. The first-order valence-corrected chi connectivity index (χ1v) is 8.14. The molecule has 0 unspecified atom stereocenters. The SMILES string of the molecule is CN(Cc1csc(Br)c1)C(=O)c1cccc2cccnc12. The Morgan fingerprint density at radius 3 is 2.90 bits per heavy atom. The van der Waals surface area contributed by atoms with Crippen molar-refractivity contribution in [3.8, 4) is 0 Å². The van der Waals surface area contributed by atoms with Gasteiger partial charge in [0.05, 0.1) is 14.9 Å². The van der Waals surface area contributed by atoms with E-state index in [9.17, 15) is 4.79 Å². The van der Waals surface area contributed by atoms with Crippen molar-refractivity contribution >= 4 is 44.1 Å². The van der Waals surface area contributed by atoms with Gasteiger partial charge < -0.3 is 4.90 Å². The monoisotopic (exact) mass is 360 g/mol. The van der Waals surface area contributed by atoms with Crippen molar-refractivity contribution in [2.24, 2.45) is 0 Å². The van der Waals surface area contributed by atoms with E-state index in [0.717, 1.165) is 20.3 Å². The number of hydrogen-bond acceptors (Lipinski definition) is 3. The van der Waals surface area contributed by atoms with E-state index in [1.165, 1.54) is 0 Å². The summed E-state index contributed by atoms with van der Waals surface area (Å²) in [7, 11) is 1.82. The maximum Gasteiger partial charge on any atom is 0.256 e. The van der Waals surface area contributed by atoms with Crippen LogP contribution in [-0.4, -0.2) is 22.8 Å². The molecule has 0 radical (unpaired) electrons. The maximum absolute atomic E-state index is 12.6. The molecule has 3 aromatic rings. The van der Waals surface area contributed by atoms with Gasteiger partial charge in [0.1, 0.15) is 0 Å². The third-order valence-electron chi connectivity index (χ3n) is 3.25. The third-order valence-corrected chi connectivity index (χ3v) is 4.80. The van der Waals surface area contributed by atoms with Crippen LogP contribution in [0.25, 0.3) is 10.9 Å². The molecule has 106 valence electrons. The molecule has 0 aliphatic rings. The van der Waals surface area contributed by atoms with E-state index in [1.54, 1.807) is 22.4 Å². The first-order valence-electron chi connectivity index (χ1n) is 6.47. The van der Waals surface area contributed by atoms with Gasteiger partial charge in [0, 0.05) is 25.2 Å². The fourth-order valence-electron chi connectivity index (χ4n) is 2.26. The molecule has 0 N–H and O–H groups in total. The van der Waals surface area contributed by atoms with Crippen LogP contribution < -0.4 is 0 Å². The van der Waals surface area contributed by atoms with Crippen molar-refractivity contribution in [1.29, 1.82) is 0 Å². The molecule has 0 spiro atoms. The van der Waals surface area contributed by atoms with E-state index < -0.39 is 0 Å². The Labute approximate surface area is 135 Å². The lowest BCUT2D eigenvalue weighted by Crippen LogP contribution is -2.26. The summed E-state index contributed by atoms with van der Waals surface area (Å²) in [6.07, 6.45) is 1.72. The van der Waals surface area contributed by atoms with E-state index in [4.69, 9.17) is 0 Å².